The SMILES string of the molecule is Cc1ccc2c(c1[N+](=O)[O-])NO[N+]2([O-])[O-]. The highest BCUT2D eigenvalue weighted by atomic mass is 17.2. The minimum Gasteiger partial charge on any atom is -0.590 e. The van der Waals surface area contributed by atoms with Gasteiger partial charge in [0, 0.05) is 11.6 Å². The van der Waals surface area contributed by atoms with Crippen LogP contribution >= 0.6 is 0 Å². The topological polar surface area (TPSA) is 111 Å². The minimum absolute atomic E-state index is 0.176. The molecule has 1 aliphatic heterocycles. The van der Waals surface area contributed by atoms with Crippen molar-refractivity contribution in [3.63, 3.8) is 0 Å². The van der Waals surface area contributed by atoms with Crippen molar-refractivity contribution >= 4 is 17.1 Å². The van der Waals surface area contributed by atoms with Gasteiger partial charge in [-0.15, -0.1) is 0 Å². The highest BCUT2D eigenvalue weighted by Gasteiger charge is 2.34. The molecule has 8 nitrogen and oxygen atoms in total. The van der Waals surface area contributed by atoms with Crippen molar-refractivity contribution in [1.29, 1.82) is 0 Å². The van der Waals surface area contributed by atoms with Gasteiger partial charge in [-0.2, -0.15) is 10.5 Å². The maximum absolute atomic E-state index is 11.1. The standard InChI is InChI=1S/C7H6N3O5/c1-4-2-3-5-6(7(4)9(11)12)8-15-10(5,13)14/h2-3,8H,1H3/q-1. The van der Waals surface area contributed by atoms with E-state index in [9.17, 15) is 20.5 Å². The molecule has 2 rings (SSSR count). The summed E-state index contributed by atoms with van der Waals surface area (Å²) in [5.74, 6) is 0. The predicted octanol–water partition coefficient (Wildman–Crippen LogP) is 1.48. The zero-order valence-corrected chi connectivity index (χ0v) is 7.59. The molecule has 0 unspecified atom stereocenters. The van der Waals surface area contributed by atoms with Gasteiger partial charge >= 0.3 is 5.69 Å². The minimum atomic E-state index is -2.36. The number of nitrogens with zero attached hydrogens (tertiary/aromatic N) is 2. The summed E-state index contributed by atoms with van der Waals surface area (Å²) in [5, 5.41) is 32.9. The van der Waals surface area contributed by atoms with E-state index in [0.717, 1.165) is 0 Å². The first kappa shape index (κ1) is 9.80. The van der Waals surface area contributed by atoms with Crippen LogP contribution in [-0.4, -0.2) is 4.92 Å². The maximum atomic E-state index is 11.1. The summed E-state index contributed by atoms with van der Waals surface area (Å²) in [6, 6.07) is 2.54. The molecule has 0 amide bonds. The number of nitrogens with one attached hydrogen (secondary N) is 1. The van der Waals surface area contributed by atoms with E-state index in [1.54, 1.807) is 0 Å². The Morgan fingerprint density at radius 3 is 2.73 bits per heavy atom. The lowest BCUT2D eigenvalue weighted by molar-refractivity contribution is -0.384. The number of rotatable bonds is 1. The molecule has 8 heteroatoms. The van der Waals surface area contributed by atoms with Gasteiger partial charge in [-0.3, -0.25) is 10.1 Å². The van der Waals surface area contributed by atoms with Crippen molar-refractivity contribution in [2.45, 2.75) is 6.92 Å². The van der Waals surface area contributed by atoms with Crippen LogP contribution in [0.25, 0.3) is 0 Å². The average Bonchev–Trinajstić information content (AvgIpc) is 2.41. The number of aryl methyl sites for hydroxylation is 1. The summed E-state index contributed by atoms with van der Waals surface area (Å²) < 4.78 is 0. The molecule has 0 bridgehead atoms. The molecule has 1 N–H and O–H groups in total. The Balaban J connectivity index is 2.69. The van der Waals surface area contributed by atoms with Gasteiger partial charge < -0.3 is 10.4 Å². The third kappa shape index (κ3) is 1.32. The molecule has 0 spiro atoms. The normalized spacial score (nSPS) is 17.0. The molecule has 0 aliphatic carbocycles. The summed E-state index contributed by atoms with van der Waals surface area (Å²) in [6.07, 6.45) is 0. The Morgan fingerprint density at radius 2 is 2.13 bits per heavy atom. The second-order valence-corrected chi connectivity index (χ2v) is 3.07. The van der Waals surface area contributed by atoms with Crippen LogP contribution in [0.5, 0.6) is 0 Å². The Kier molecular flexibility index (Phi) is 1.88. The van der Waals surface area contributed by atoms with Crippen LogP contribution in [0, 0.1) is 27.5 Å². The summed E-state index contributed by atoms with van der Waals surface area (Å²) in [5.41, 5.74) is 1.48. The number of hydrogen-bond acceptors (Lipinski definition) is 6. The zero-order chi connectivity index (χ0) is 11.2. The molecule has 80 valence electrons. The molecule has 0 fully saturated rings. The van der Waals surface area contributed by atoms with Crippen LogP contribution in [0.1, 0.15) is 5.56 Å². The molecule has 1 aromatic carbocycles. The Bertz CT molecular complexity index is 444. The Hall–Kier alpha value is -1.74. The molecule has 1 heterocycles. The van der Waals surface area contributed by atoms with Gasteiger partial charge in [0.2, 0.25) is 11.4 Å². The van der Waals surface area contributed by atoms with E-state index in [2.05, 4.69) is 4.94 Å². The van der Waals surface area contributed by atoms with E-state index >= 15 is 0 Å². The lowest BCUT2D eigenvalue weighted by atomic mass is 10.1. The van der Waals surface area contributed by atoms with E-state index in [0.29, 0.717) is 5.56 Å². The third-order valence-corrected chi connectivity index (χ3v) is 2.10. The van der Waals surface area contributed by atoms with Gasteiger partial charge in [-0.05, 0) is 13.0 Å². The fraction of sp³-hybridized carbons (Fsp3) is 0.143. The zero-order valence-electron chi connectivity index (χ0n) is 7.59. The lowest BCUT2D eigenvalue weighted by Crippen LogP contribution is -2.32. The van der Waals surface area contributed by atoms with E-state index in [4.69, 9.17) is 0 Å². The largest absolute Gasteiger partial charge is 0.590 e. The first-order valence-electron chi connectivity index (χ1n) is 3.97. The molecular formula is C7H6N3O5-. The summed E-state index contributed by atoms with van der Waals surface area (Å²) in [7, 11) is 0. The fourth-order valence-electron chi connectivity index (χ4n) is 1.40. The van der Waals surface area contributed by atoms with Crippen LogP contribution in [0.4, 0.5) is 17.1 Å². The van der Waals surface area contributed by atoms with Gasteiger partial charge in [0.25, 0.3) is 0 Å². The van der Waals surface area contributed by atoms with Crippen molar-refractivity contribution in [1.82, 2.24) is 4.97 Å². The van der Waals surface area contributed by atoms with Crippen molar-refractivity contribution < 1.29 is 9.86 Å². The number of benzene rings is 1. The number of nitro benzene ring substituents is 1. The first-order chi connectivity index (χ1) is 6.93. The lowest BCUT2D eigenvalue weighted by Gasteiger charge is -2.34. The molecule has 0 aromatic heterocycles. The number of nitro groups is 1. The highest BCUT2D eigenvalue weighted by molar-refractivity contribution is 5.80. The summed E-state index contributed by atoms with van der Waals surface area (Å²) in [6.45, 7) is 1.50. The van der Waals surface area contributed by atoms with Crippen LogP contribution in [0.15, 0.2) is 12.1 Å². The van der Waals surface area contributed by atoms with Gasteiger partial charge in [-0.1, -0.05) is 4.94 Å². The molecule has 0 radical (unpaired) electrons. The predicted molar refractivity (Wildman–Crippen MR) is 51.1 cm³/mol. The van der Waals surface area contributed by atoms with Crippen molar-refractivity contribution in [2.75, 3.05) is 5.48 Å². The smallest absolute Gasteiger partial charge is 0.304 e. The van der Waals surface area contributed by atoms with Crippen molar-refractivity contribution in [3.05, 3.63) is 38.2 Å². The Morgan fingerprint density at radius 1 is 1.47 bits per heavy atom. The third-order valence-electron chi connectivity index (χ3n) is 2.10. The van der Waals surface area contributed by atoms with Crippen molar-refractivity contribution in [2.24, 2.45) is 0 Å². The van der Waals surface area contributed by atoms with E-state index in [1.807, 2.05) is 5.48 Å². The molecule has 1 aromatic rings. The van der Waals surface area contributed by atoms with Crippen LogP contribution in [-0.2, 0) is 4.94 Å². The Labute approximate surface area is 83.5 Å². The summed E-state index contributed by atoms with van der Waals surface area (Å²) >= 11 is 0. The summed E-state index contributed by atoms with van der Waals surface area (Å²) in [4.78, 5) is 11.8. The van der Waals surface area contributed by atoms with Crippen molar-refractivity contribution in [3.8, 4) is 0 Å². The second-order valence-electron chi connectivity index (χ2n) is 3.07. The van der Waals surface area contributed by atoms with E-state index < -0.39 is 9.90 Å². The average molecular weight is 212 g/mol. The monoisotopic (exact) mass is 212 g/mol. The first-order valence-corrected chi connectivity index (χ1v) is 3.97. The number of fused-ring (bicyclic) bond motifs is 1. The quantitative estimate of drug-likeness (QED) is 0.326. The molecular weight excluding hydrogens is 206 g/mol. The maximum Gasteiger partial charge on any atom is 0.304 e. The van der Waals surface area contributed by atoms with Gasteiger partial charge in [0.15, 0.2) is 0 Å². The van der Waals surface area contributed by atoms with Crippen LogP contribution < -0.4 is 10.5 Å². The molecule has 0 saturated carbocycles. The van der Waals surface area contributed by atoms with E-state index in [1.165, 1.54) is 19.1 Å². The number of hydrogen-bond donors (Lipinski definition) is 1. The fourth-order valence-corrected chi connectivity index (χ4v) is 1.40. The van der Waals surface area contributed by atoms with Gasteiger partial charge in [0.1, 0.15) is 0 Å². The second kappa shape index (κ2) is 2.87. The van der Waals surface area contributed by atoms with Gasteiger partial charge in [0.05, 0.1) is 4.92 Å². The van der Waals surface area contributed by atoms with E-state index in [-0.39, 0.29) is 17.1 Å². The highest BCUT2D eigenvalue weighted by Crippen LogP contribution is 2.44. The molecule has 15 heavy (non-hydrogen) atoms. The number of quaternary nitrogens is 1. The van der Waals surface area contributed by atoms with Crippen LogP contribution in [0.2, 0.25) is 0 Å². The molecule has 1 aliphatic rings. The number of anilines is 1. The van der Waals surface area contributed by atoms with Crippen LogP contribution in [0.3, 0.4) is 0 Å². The molecule has 0 atom stereocenters. The molecule has 0 saturated heterocycles. The van der Waals surface area contributed by atoms with Gasteiger partial charge in [-0.25, -0.2) is 0 Å².